The summed E-state index contributed by atoms with van der Waals surface area (Å²) in [6.07, 6.45) is 8.11. The monoisotopic (exact) mass is 747 g/mol. The number of hydrogen-bond donors (Lipinski definition) is 2. The van der Waals surface area contributed by atoms with Gasteiger partial charge in [-0.3, -0.25) is 18.7 Å². The van der Waals surface area contributed by atoms with Gasteiger partial charge in [-0.1, -0.05) is 59.6 Å². The van der Waals surface area contributed by atoms with Crippen molar-refractivity contribution in [3.8, 4) is 22.3 Å². The fourth-order valence-electron chi connectivity index (χ4n) is 6.14. The van der Waals surface area contributed by atoms with Crippen LogP contribution < -0.4 is 16.4 Å². The Bertz CT molecular complexity index is 2500. The van der Waals surface area contributed by atoms with Gasteiger partial charge in [-0.2, -0.15) is 9.97 Å². The average Bonchev–Trinajstić information content (AvgIpc) is 3.12. The van der Waals surface area contributed by atoms with Crippen molar-refractivity contribution < 1.29 is 13.5 Å². The Morgan fingerprint density at radius 2 is 1.25 bits per heavy atom. The maximum Gasteiger partial charge on any atom is 0.259 e. The zero-order valence-electron chi connectivity index (χ0n) is 28.0. The van der Waals surface area contributed by atoms with Gasteiger partial charge < -0.3 is 10.4 Å². The van der Waals surface area contributed by atoms with Crippen LogP contribution in [0.4, 0.5) is 5.95 Å². The van der Waals surface area contributed by atoms with Crippen LogP contribution in [0, 0.1) is 5.92 Å². The molecule has 0 spiro atoms. The Morgan fingerprint density at radius 3 is 1.75 bits per heavy atom. The molecule has 2 N–H and O–H groups in total. The second kappa shape index (κ2) is 14.9. The SMILES string of the molecule is Cn1c(=O)c(-c2ccccc2Cl)cc2cnc(NC3CCC(CO)CC3)nc21.Cn1c(=O)c(-c2ccccc2Cl)cc2cnc(S(C)(=O)=O)nc21. The molecule has 0 aliphatic heterocycles. The highest BCUT2D eigenvalue weighted by molar-refractivity contribution is 7.90. The van der Waals surface area contributed by atoms with E-state index in [-0.39, 0.29) is 28.5 Å². The van der Waals surface area contributed by atoms with Crippen molar-refractivity contribution in [2.24, 2.45) is 20.0 Å². The van der Waals surface area contributed by atoms with Crippen molar-refractivity contribution in [2.75, 3.05) is 18.2 Å². The Kier molecular flexibility index (Phi) is 10.5. The van der Waals surface area contributed by atoms with Gasteiger partial charge in [0.2, 0.25) is 20.9 Å². The predicted octanol–water partition coefficient (Wildman–Crippen LogP) is 5.66. The molecule has 7 rings (SSSR count). The van der Waals surface area contributed by atoms with Crippen LogP contribution in [0.3, 0.4) is 0 Å². The lowest BCUT2D eigenvalue weighted by Crippen LogP contribution is -2.28. The molecule has 264 valence electrons. The van der Waals surface area contributed by atoms with Gasteiger partial charge in [0.05, 0.1) is 0 Å². The van der Waals surface area contributed by atoms with E-state index in [0.29, 0.717) is 61.2 Å². The summed E-state index contributed by atoms with van der Waals surface area (Å²) in [6.45, 7) is 0.259. The van der Waals surface area contributed by atoms with Crippen molar-refractivity contribution in [1.29, 1.82) is 0 Å². The van der Waals surface area contributed by atoms with E-state index in [4.69, 9.17) is 23.2 Å². The molecule has 1 saturated carbocycles. The van der Waals surface area contributed by atoms with Gasteiger partial charge in [0.15, 0.2) is 0 Å². The lowest BCUT2D eigenvalue weighted by molar-refractivity contribution is 0.185. The summed E-state index contributed by atoms with van der Waals surface area (Å²) in [5.74, 6) is 0.931. The number of aliphatic hydroxyl groups is 1. The van der Waals surface area contributed by atoms with Crippen LogP contribution in [0.1, 0.15) is 25.7 Å². The van der Waals surface area contributed by atoms with Crippen LogP contribution in [-0.2, 0) is 23.9 Å². The number of anilines is 1. The third kappa shape index (κ3) is 7.66. The molecule has 1 aliphatic rings. The van der Waals surface area contributed by atoms with Crippen LogP contribution in [0.25, 0.3) is 44.3 Å². The van der Waals surface area contributed by atoms with E-state index >= 15 is 0 Å². The number of fused-ring (bicyclic) bond motifs is 2. The van der Waals surface area contributed by atoms with Gasteiger partial charge in [-0.05, 0) is 55.9 Å². The first-order valence-corrected chi connectivity index (χ1v) is 18.8. The van der Waals surface area contributed by atoms with Crippen molar-refractivity contribution in [1.82, 2.24) is 29.1 Å². The molecule has 12 nitrogen and oxygen atoms in total. The third-order valence-electron chi connectivity index (χ3n) is 8.97. The van der Waals surface area contributed by atoms with Gasteiger partial charge in [0, 0.05) is 88.5 Å². The molecular formula is C36H35Cl2N7O5S. The van der Waals surface area contributed by atoms with E-state index in [2.05, 4.69) is 25.3 Å². The van der Waals surface area contributed by atoms with E-state index in [1.807, 2.05) is 18.2 Å². The predicted molar refractivity (Wildman–Crippen MR) is 200 cm³/mol. The van der Waals surface area contributed by atoms with Gasteiger partial charge in [-0.15, -0.1) is 0 Å². The zero-order valence-corrected chi connectivity index (χ0v) is 30.4. The first-order chi connectivity index (χ1) is 24.3. The van der Waals surface area contributed by atoms with Gasteiger partial charge >= 0.3 is 0 Å². The van der Waals surface area contributed by atoms with Crippen LogP contribution in [0.5, 0.6) is 0 Å². The molecule has 4 aromatic heterocycles. The number of halogens is 2. The Hall–Kier alpha value is -4.69. The van der Waals surface area contributed by atoms with Crippen LogP contribution in [0.2, 0.25) is 10.0 Å². The number of nitrogens with zero attached hydrogens (tertiary/aromatic N) is 6. The molecule has 0 bridgehead atoms. The number of benzene rings is 2. The Balaban J connectivity index is 0.000000179. The van der Waals surface area contributed by atoms with Crippen molar-refractivity contribution in [3.63, 3.8) is 0 Å². The quantitative estimate of drug-likeness (QED) is 0.203. The van der Waals surface area contributed by atoms with Crippen molar-refractivity contribution >= 4 is 61.1 Å². The lowest BCUT2D eigenvalue weighted by atomic mass is 9.87. The maximum atomic E-state index is 12.9. The number of sulfone groups is 1. The summed E-state index contributed by atoms with van der Waals surface area (Å²) in [5, 5.41) is 14.7. The van der Waals surface area contributed by atoms with Crippen LogP contribution >= 0.6 is 23.2 Å². The summed E-state index contributed by atoms with van der Waals surface area (Å²) in [7, 11) is -0.303. The molecule has 2 aromatic carbocycles. The fraction of sp³-hybridized carbons (Fsp3) is 0.278. The van der Waals surface area contributed by atoms with Crippen LogP contribution in [-0.4, -0.2) is 61.5 Å². The minimum Gasteiger partial charge on any atom is -0.396 e. The first kappa shape index (κ1) is 36.1. The van der Waals surface area contributed by atoms with Crippen LogP contribution in [0.15, 0.2) is 87.8 Å². The molecule has 0 unspecified atom stereocenters. The lowest BCUT2D eigenvalue weighted by Gasteiger charge is -2.27. The zero-order chi connectivity index (χ0) is 36.4. The number of pyridine rings is 2. The smallest absolute Gasteiger partial charge is 0.259 e. The molecule has 0 amide bonds. The molecule has 15 heteroatoms. The van der Waals surface area contributed by atoms with Crippen molar-refractivity contribution in [2.45, 2.75) is 36.9 Å². The fourth-order valence-corrected chi connectivity index (χ4v) is 7.11. The number of rotatable bonds is 6. The molecule has 4 heterocycles. The highest BCUT2D eigenvalue weighted by Gasteiger charge is 2.22. The molecule has 0 atom stereocenters. The molecule has 6 aromatic rings. The molecule has 0 radical (unpaired) electrons. The standard InChI is InChI=1S/C21H23ClN4O2.C15H12ClN3O3S/c1-26-19-14(10-17(20(26)28)16-4-2-3-5-18(16)22)11-23-21(25-19)24-15-8-6-13(12-27)7-9-15;1-19-13-9(8-17-15(18-13)23(2,21)22)7-11(14(19)20)10-5-3-4-6-12(10)16/h2-5,10-11,13,15,27H,6-9,12H2,1H3,(H,23,24,25);3-8H,1-2H3. The van der Waals surface area contributed by atoms with E-state index < -0.39 is 9.84 Å². The second-order valence-electron chi connectivity index (χ2n) is 12.5. The number of aromatic nitrogens is 6. The summed E-state index contributed by atoms with van der Waals surface area (Å²) in [5.41, 5.74) is 2.62. The largest absolute Gasteiger partial charge is 0.396 e. The molecule has 1 fully saturated rings. The molecule has 51 heavy (non-hydrogen) atoms. The Labute approximate surface area is 303 Å². The van der Waals surface area contributed by atoms with Crippen molar-refractivity contribution in [3.05, 3.63) is 104 Å². The van der Waals surface area contributed by atoms with E-state index in [1.165, 1.54) is 17.8 Å². The third-order valence-corrected chi connectivity index (χ3v) is 10.5. The highest BCUT2D eigenvalue weighted by atomic mass is 35.5. The normalized spacial score (nSPS) is 16.1. The summed E-state index contributed by atoms with van der Waals surface area (Å²) in [4.78, 5) is 42.4. The van der Waals surface area contributed by atoms with Gasteiger partial charge in [-0.25, -0.2) is 18.4 Å². The number of nitrogens with one attached hydrogen (secondary N) is 1. The molecular weight excluding hydrogens is 713 g/mol. The number of hydrogen-bond acceptors (Lipinski definition) is 10. The second-order valence-corrected chi connectivity index (χ2v) is 15.2. The summed E-state index contributed by atoms with van der Waals surface area (Å²) in [6, 6.07) is 18.0. The minimum absolute atomic E-state index is 0.145. The molecule has 1 aliphatic carbocycles. The molecule has 0 saturated heterocycles. The van der Waals surface area contributed by atoms with Gasteiger partial charge in [0.25, 0.3) is 11.1 Å². The average molecular weight is 749 g/mol. The highest BCUT2D eigenvalue weighted by Crippen LogP contribution is 2.29. The minimum atomic E-state index is -3.55. The summed E-state index contributed by atoms with van der Waals surface area (Å²) < 4.78 is 26.0. The summed E-state index contributed by atoms with van der Waals surface area (Å²) >= 11 is 12.4. The Morgan fingerprint density at radius 1 is 0.765 bits per heavy atom. The topological polar surface area (TPSA) is 162 Å². The maximum absolute atomic E-state index is 12.9. The van der Waals surface area contributed by atoms with E-state index in [9.17, 15) is 23.1 Å². The van der Waals surface area contributed by atoms with Gasteiger partial charge in [0.1, 0.15) is 11.3 Å². The number of aryl methyl sites for hydroxylation is 2. The van der Waals surface area contributed by atoms with E-state index in [1.54, 1.807) is 60.3 Å². The number of aliphatic hydroxyl groups excluding tert-OH is 1. The first-order valence-electron chi connectivity index (χ1n) is 16.2. The van der Waals surface area contributed by atoms with E-state index in [0.717, 1.165) is 37.3 Å².